The van der Waals surface area contributed by atoms with Crippen LogP contribution >= 0.6 is 11.6 Å². The minimum atomic E-state index is 0.423. The Hall–Kier alpha value is -0.580. The number of hydrogen-bond donors (Lipinski definition) is 1. The number of nitrogens with one attached hydrogen (secondary N) is 1. The van der Waals surface area contributed by atoms with E-state index in [0.29, 0.717) is 12.0 Å². The Kier molecular flexibility index (Phi) is 5.25. The van der Waals surface area contributed by atoms with Crippen molar-refractivity contribution in [1.29, 1.82) is 0 Å². The Labute approximate surface area is 120 Å². The van der Waals surface area contributed by atoms with Crippen molar-refractivity contribution in [2.75, 3.05) is 19.8 Å². The molecule has 4 nitrogen and oxygen atoms in total. The number of likely N-dealkylation sites (N-methyl/N-ethyl adjacent to an activating group) is 1. The smallest absolute Gasteiger partial charge is 0.0847 e. The SMILES string of the molecule is CCNC(Cc1c(Cl)c(C)nn1CC)C1CCOC1. The molecule has 1 fully saturated rings. The van der Waals surface area contributed by atoms with Gasteiger partial charge in [-0.15, -0.1) is 0 Å². The van der Waals surface area contributed by atoms with Crippen LogP contribution in [-0.4, -0.2) is 35.6 Å². The number of ether oxygens (including phenoxy) is 1. The van der Waals surface area contributed by atoms with Crippen LogP contribution in [0.4, 0.5) is 0 Å². The van der Waals surface area contributed by atoms with Crippen molar-refractivity contribution in [1.82, 2.24) is 15.1 Å². The number of halogens is 1. The van der Waals surface area contributed by atoms with Gasteiger partial charge in [-0.1, -0.05) is 18.5 Å². The summed E-state index contributed by atoms with van der Waals surface area (Å²) in [5, 5.41) is 8.90. The third-order valence-corrected chi connectivity index (χ3v) is 4.36. The van der Waals surface area contributed by atoms with Crippen LogP contribution in [0.5, 0.6) is 0 Å². The highest BCUT2D eigenvalue weighted by Crippen LogP contribution is 2.25. The average molecular weight is 286 g/mol. The summed E-state index contributed by atoms with van der Waals surface area (Å²) in [6, 6.07) is 0.423. The zero-order valence-electron chi connectivity index (χ0n) is 12.1. The van der Waals surface area contributed by atoms with Gasteiger partial charge in [0.25, 0.3) is 0 Å². The fourth-order valence-corrected chi connectivity index (χ4v) is 3.02. The van der Waals surface area contributed by atoms with Crippen LogP contribution in [0.2, 0.25) is 5.02 Å². The first-order valence-corrected chi connectivity index (χ1v) is 7.58. The summed E-state index contributed by atoms with van der Waals surface area (Å²) in [5.74, 6) is 0.580. The number of aromatic nitrogens is 2. The maximum Gasteiger partial charge on any atom is 0.0847 e. The summed E-state index contributed by atoms with van der Waals surface area (Å²) in [4.78, 5) is 0. The summed E-state index contributed by atoms with van der Waals surface area (Å²) in [5.41, 5.74) is 2.08. The summed E-state index contributed by atoms with van der Waals surface area (Å²) in [6.07, 6.45) is 2.06. The molecule has 108 valence electrons. The second kappa shape index (κ2) is 6.73. The van der Waals surface area contributed by atoms with Crippen molar-refractivity contribution < 1.29 is 4.74 Å². The topological polar surface area (TPSA) is 39.1 Å². The van der Waals surface area contributed by atoms with Gasteiger partial charge in [-0.05, 0) is 26.8 Å². The molecule has 5 heteroatoms. The highest BCUT2D eigenvalue weighted by atomic mass is 35.5. The zero-order chi connectivity index (χ0) is 13.8. The standard InChI is InChI=1S/C14H24ClN3O/c1-4-16-12(11-6-7-19-9-11)8-13-14(15)10(3)17-18(13)5-2/h11-12,16H,4-9H2,1-3H3. The Morgan fingerprint density at radius 1 is 1.53 bits per heavy atom. The molecule has 2 rings (SSSR count). The second-order valence-corrected chi connectivity index (χ2v) is 5.53. The molecular weight excluding hydrogens is 262 g/mol. The van der Waals surface area contributed by atoms with Crippen LogP contribution in [0.25, 0.3) is 0 Å². The Balaban J connectivity index is 2.16. The molecule has 0 aromatic carbocycles. The minimum absolute atomic E-state index is 0.423. The molecule has 1 aromatic heterocycles. The quantitative estimate of drug-likeness (QED) is 0.872. The molecular formula is C14H24ClN3O. The molecule has 0 saturated carbocycles. The number of nitrogens with zero attached hydrogens (tertiary/aromatic N) is 2. The van der Waals surface area contributed by atoms with E-state index in [1.54, 1.807) is 0 Å². The van der Waals surface area contributed by atoms with E-state index in [-0.39, 0.29) is 0 Å². The van der Waals surface area contributed by atoms with Crippen LogP contribution in [0.15, 0.2) is 0 Å². The molecule has 0 aliphatic carbocycles. The van der Waals surface area contributed by atoms with Gasteiger partial charge < -0.3 is 10.1 Å². The van der Waals surface area contributed by atoms with Gasteiger partial charge in [-0.3, -0.25) is 4.68 Å². The molecule has 1 aromatic rings. The fourth-order valence-electron chi connectivity index (χ4n) is 2.81. The van der Waals surface area contributed by atoms with Crippen molar-refractivity contribution in [3.05, 3.63) is 16.4 Å². The number of rotatable bonds is 6. The fraction of sp³-hybridized carbons (Fsp3) is 0.786. The van der Waals surface area contributed by atoms with Gasteiger partial charge in [-0.25, -0.2) is 0 Å². The Morgan fingerprint density at radius 2 is 2.32 bits per heavy atom. The van der Waals surface area contributed by atoms with E-state index in [4.69, 9.17) is 16.3 Å². The predicted molar refractivity (Wildman–Crippen MR) is 77.7 cm³/mol. The monoisotopic (exact) mass is 285 g/mol. The van der Waals surface area contributed by atoms with E-state index in [1.165, 1.54) is 0 Å². The molecule has 1 N–H and O–H groups in total. The van der Waals surface area contributed by atoms with Crippen LogP contribution in [0.3, 0.4) is 0 Å². The van der Waals surface area contributed by atoms with Crippen molar-refractivity contribution in [3.8, 4) is 0 Å². The molecule has 1 aliphatic heterocycles. The normalized spacial score (nSPS) is 20.9. The summed E-state index contributed by atoms with van der Waals surface area (Å²) >= 11 is 6.40. The summed E-state index contributed by atoms with van der Waals surface area (Å²) in [7, 11) is 0. The molecule has 2 unspecified atom stereocenters. The lowest BCUT2D eigenvalue weighted by molar-refractivity contribution is 0.176. The van der Waals surface area contributed by atoms with Crippen LogP contribution in [0, 0.1) is 12.8 Å². The van der Waals surface area contributed by atoms with Crippen molar-refractivity contribution in [2.24, 2.45) is 5.92 Å². The molecule has 0 bridgehead atoms. The largest absolute Gasteiger partial charge is 0.381 e. The van der Waals surface area contributed by atoms with Crippen LogP contribution in [0.1, 0.15) is 31.7 Å². The molecule has 2 heterocycles. The van der Waals surface area contributed by atoms with E-state index in [0.717, 1.165) is 55.6 Å². The van der Waals surface area contributed by atoms with Gasteiger partial charge in [0.15, 0.2) is 0 Å². The highest BCUT2D eigenvalue weighted by Gasteiger charge is 2.27. The lowest BCUT2D eigenvalue weighted by Gasteiger charge is -2.23. The number of hydrogen-bond acceptors (Lipinski definition) is 3. The third kappa shape index (κ3) is 3.30. The van der Waals surface area contributed by atoms with Crippen LogP contribution in [-0.2, 0) is 17.7 Å². The lowest BCUT2D eigenvalue weighted by atomic mass is 9.94. The van der Waals surface area contributed by atoms with E-state index in [1.807, 2.05) is 11.6 Å². The minimum Gasteiger partial charge on any atom is -0.381 e. The van der Waals surface area contributed by atoms with E-state index in [2.05, 4.69) is 24.3 Å². The Morgan fingerprint density at radius 3 is 2.89 bits per heavy atom. The number of aryl methyl sites for hydroxylation is 2. The second-order valence-electron chi connectivity index (χ2n) is 5.15. The first-order chi connectivity index (χ1) is 9.17. The first kappa shape index (κ1) is 14.8. The van der Waals surface area contributed by atoms with Crippen LogP contribution < -0.4 is 5.32 Å². The van der Waals surface area contributed by atoms with E-state index < -0.39 is 0 Å². The predicted octanol–water partition coefficient (Wildman–Crippen LogP) is 2.42. The molecule has 0 amide bonds. The summed E-state index contributed by atoms with van der Waals surface area (Å²) < 4.78 is 7.54. The van der Waals surface area contributed by atoms with Gasteiger partial charge >= 0.3 is 0 Å². The van der Waals surface area contributed by atoms with Gasteiger partial charge in [0, 0.05) is 31.5 Å². The van der Waals surface area contributed by atoms with Gasteiger partial charge in [0.05, 0.1) is 23.0 Å². The van der Waals surface area contributed by atoms with Gasteiger partial charge in [-0.2, -0.15) is 5.10 Å². The maximum atomic E-state index is 6.40. The maximum absolute atomic E-state index is 6.40. The van der Waals surface area contributed by atoms with Crippen molar-refractivity contribution in [3.63, 3.8) is 0 Å². The highest BCUT2D eigenvalue weighted by molar-refractivity contribution is 6.31. The van der Waals surface area contributed by atoms with E-state index >= 15 is 0 Å². The van der Waals surface area contributed by atoms with Crippen molar-refractivity contribution in [2.45, 2.75) is 46.2 Å². The zero-order valence-corrected chi connectivity index (χ0v) is 12.8. The molecule has 0 radical (unpaired) electrons. The third-order valence-electron chi connectivity index (χ3n) is 3.87. The van der Waals surface area contributed by atoms with Gasteiger partial charge in [0.1, 0.15) is 0 Å². The van der Waals surface area contributed by atoms with E-state index in [9.17, 15) is 0 Å². The molecule has 1 aliphatic rings. The molecule has 19 heavy (non-hydrogen) atoms. The first-order valence-electron chi connectivity index (χ1n) is 7.20. The van der Waals surface area contributed by atoms with Crippen molar-refractivity contribution >= 4 is 11.6 Å². The summed E-state index contributed by atoms with van der Waals surface area (Å²) in [6.45, 7) is 9.79. The molecule has 2 atom stereocenters. The lowest BCUT2D eigenvalue weighted by Crippen LogP contribution is -2.39. The van der Waals surface area contributed by atoms with Gasteiger partial charge in [0.2, 0.25) is 0 Å². The Bertz CT molecular complexity index is 413. The molecule has 1 saturated heterocycles. The molecule has 0 spiro atoms. The average Bonchev–Trinajstić information content (AvgIpc) is 3.01.